The number of allylic oxidation sites excluding steroid dienone is 4. The first kappa shape index (κ1) is 42.8. The third-order valence-electron chi connectivity index (χ3n) is 10.9. The van der Waals surface area contributed by atoms with E-state index in [0.717, 1.165) is 6.42 Å². The molecule has 0 N–H and O–H groups in total. The molecule has 53 heavy (non-hydrogen) atoms. The second kappa shape index (κ2) is 16.0. The predicted molar refractivity (Wildman–Crippen MR) is 218 cm³/mol. The molecule has 0 amide bonds. The molecule has 0 heterocycles. The van der Waals surface area contributed by atoms with Crippen molar-refractivity contribution < 1.29 is 49.0 Å². The molecule has 3 aliphatic carbocycles. The van der Waals surface area contributed by atoms with Crippen LogP contribution in [0.1, 0.15) is 129 Å². The van der Waals surface area contributed by atoms with Crippen molar-refractivity contribution >= 4 is 14.4 Å². The van der Waals surface area contributed by atoms with Gasteiger partial charge in [0.2, 0.25) is 0 Å². The van der Waals surface area contributed by atoms with Crippen LogP contribution in [0.3, 0.4) is 0 Å². The number of hydrogen-bond acceptors (Lipinski definition) is 0. The van der Waals surface area contributed by atoms with Crippen LogP contribution in [0.25, 0.3) is 22.3 Å². The quantitative estimate of drug-likeness (QED) is 0.167. The normalized spacial score (nSPS) is 15.1. The third-order valence-corrected chi connectivity index (χ3v) is 12.3. The zero-order valence-corrected chi connectivity index (χ0v) is 37.7. The number of fused-ring (bicyclic) bond motifs is 5. The molecule has 0 saturated carbocycles. The summed E-state index contributed by atoms with van der Waals surface area (Å²) in [6, 6.07) is 34.0. The Balaban J connectivity index is 0.000000194. The standard InChI is InChI=1S/C25H25.C15H14.C10H15.2ClH.Zr/c1-14-12-24(3,4)22-8-16-7-17-9-23-19(15(2)13-25(23,5)6)11-21(17)20(16)10-18(14)22;1-12-3-7-14(8-4-12)11-15-9-5-13(2)6-10-15;1-8-5-6-9(7-8)10(2,3)4;;;/h8-12H,7H2,1-6H3;3-10H,1-2H3;5-7H,1-4H3;2*1H;/q-1;;-1;;;+2/p-2. The van der Waals surface area contributed by atoms with Gasteiger partial charge in [-0.25, -0.2) is 11.6 Å². The van der Waals surface area contributed by atoms with Crippen LogP contribution in [0.15, 0.2) is 97.1 Å². The fourth-order valence-electron chi connectivity index (χ4n) is 7.91. The third kappa shape index (κ3) is 8.96. The molecule has 0 spiro atoms. The fourth-order valence-corrected chi connectivity index (χ4v) is 8.73. The minimum atomic E-state index is 0. The molecule has 274 valence electrons. The maximum absolute atomic E-state index is 3.65. The molecule has 0 nitrogen and oxygen atoms in total. The van der Waals surface area contributed by atoms with Crippen molar-refractivity contribution in [3.05, 3.63) is 170 Å². The minimum Gasteiger partial charge on any atom is -1.00 e. The average Bonchev–Trinajstić information content (AvgIpc) is 3.77. The van der Waals surface area contributed by atoms with Gasteiger partial charge in [0.15, 0.2) is 0 Å². The molecule has 0 fully saturated rings. The second-order valence-corrected chi connectivity index (χ2v) is 18.5. The summed E-state index contributed by atoms with van der Waals surface area (Å²) in [5.74, 6) is 0. The average molecular weight is 817 g/mol. The van der Waals surface area contributed by atoms with Crippen LogP contribution in [-0.4, -0.2) is 3.21 Å². The van der Waals surface area contributed by atoms with Crippen molar-refractivity contribution in [1.82, 2.24) is 0 Å². The molecule has 0 atom stereocenters. The zero-order valence-electron chi connectivity index (χ0n) is 33.7. The van der Waals surface area contributed by atoms with Gasteiger partial charge in [-0.1, -0.05) is 91.4 Å². The van der Waals surface area contributed by atoms with Gasteiger partial charge in [-0.2, -0.15) is 28.8 Å². The number of hydrogen-bond donors (Lipinski definition) is 0. The minimum absolute atomic E-state index is 0. The molecule has 0 saturated heterocycles. The monoisotopic (exact) mass is 814 g/mol. The maximum atomic E-state index is 3.65. The summed E-state index contributed by atoms with van der Waals surface area (Å²) in [5, 5.41) is 0. The van der Waals surface area contributed by atoms with Crippen molar-refractivity contribution in [3.8, 4) is 11.1 Å². The largest absolute Gasteiger partial charge is 1.00 e. The predicted octanol–water partition coefficient (Wildman–Crippen LogP) is 6.89. The van der Waals surface area contributed by atoms with Gasteiger partial charge in [-0.15, -0.1) is 11.6 Å². The van der Waals surface area contributed by atoms with Crippen molar-refractivity contribution in [2.45, 2.75) is 106 Å². The van der Waals surface area contributed by atoms with Crippen molar-refractivity contribution in [1.29, 1.82) is 0 Å². The van der Waals surface area contributed by atoms with Crippen LogP contribution in [0, 0.1) is 26.8 Å². The van der Waals surface area contributed by atoms with Gasteiger partial charge in [0, 0.05) is 5.41 Å². The Morgan fingerprint density at radius 2 is 1.15 bits per heavy atom. The van der Waals surface area contributed by atoms with E-state index in [2.05, 4.69) is 186 Å². The summed E-state index contributed by atoms with van der Waals surface area (Å²) in [4.78, 5) is 0. The summed E-state index contributed by atoms with van der Waals surface area (Å²) in [5.41, 5.74) is 23.0. The number of benzene rings is 4. The maximum Gasteiger partial charge on any atom is -1.00 e. The van der Waals surface area contributed by atoms with Gasteiger partial charge in [-0.05, 0) is 58.4 Å². The zero-order chi connectivity index (χ0) is 37.0. The van der Waals surface area contributed by atoms with E-state index in [1.807, 2.05) is 0 Å². The van der Waals surface area contributed by atoms with E-state index in [4.69, 9.17) is 0 Å². The Kier molecular flexibility index (Phi) is 12.9. The molecule has 5 aromatic carbocycles. The molecule has 0 bridgehead atoms. The Hall–Kier alpha value is -2.96. The van der Waals surface area contributed by atoms with E-state index in [-0.39, 0.29) is 35.6 Å². The van der Waals surface area contributed by atoms with Crippen molar-refractivity contribution in [2.75, 3.05) is 0 Å². The van der Waals surface area contributed by atoms with Crippen LogP contribution < -0.4 is 24.8 Å². The first-order chi connectivity index (χ1) is 23.8. The molecular formula is C50H54Cl2Zr-2. The summed E-state index contributed by atoms with van der Waals surface area (Å²) in [6.07, 6.45) is 7.13. The van der Waals surface area contributed by atoms with E-state index in [1.54, 1.807) is 0 Å². The molecular weight excluding hydrogens is 763 g/mol. The van der Waals surface area contributed by atoms with Gasteiger partial charge in [0.25, 0.3) is 0 Å². The Labute approximate surface area is 347 Å². The topological polar surface area (TPSA) is 0 Å². The van der Waals surface area contributed by atoms with E-state index < -0.39 is 0 Å². The second-order valence-electron chi connectivity index (χ2n) is 17.2. The van der Waals surface area contributed by atoms with E-state index in [0.29, 0.717) is 5.41 Å². The van der Waals surface area contributed by atoms with E-state index in [9.17, 15) is 0 Å². The molecule has 5 aromatic rings. The van der Waals surface area contributed by atoms with Gasteiger partial charge in [0.05, 0.1) is 0 Å². The van der Waals surface area contributed by atoms with Gasteiger partial charge in [0.1, 0.15) is 0 Å². The van der Waals surface area contributed by atoms with Crippen molar-refractivity contribution in [2.24, 2.45) is 0 Å². The van der Waals surface area contributed by atoms with Crippen LogP contribution in [-0.2, 0) is 46.9 Å². The van der Waals surface area contributed by atoms with Gasteiger partial charge in [-0.3, -0.25) is 6.08 Å². The number of halogens is 2. The first-order valence-corrected chi connectivity index (χ1v) is 19.7. The fraction of sp³-hybridized carbons (Fsp3) is 0.320. The van der Waals surface area contributed by atoms with Crippen LogP contribution in [0.5, 0.6) is 0 Å². The van der Waals surface area contributed by atoms with E-state index in [1.165, 1.54) is 116 Å². The molecule has 0 aliphatic heterocycles. The molecule has 3 heteroatoms. The van der Waals surface area contributed by atoms with Crippen LogP contribution >= 0.6 is 0 Å². The Morgan fingerprint density at radius 1 is 0.660 bits per heavy atom. The summed E-state index contributed by atoms with van der Waals surface area (Å²) < 4.78 is 1.42. The molecule has 0 radical (unpaired) electrons. The summed E-state index contributed by atoms with van der Waals surface area (Å²) >= 11 is 1.46. The van der Waals surface area contributed by atoms with Crippen LogP contribution in [0.2, 0.25) is 0 Å². The molecule has 0 unspecified atom stereocenters. The number of rotatable bonds is 2. The summed E-state index contributed by atoms with van der Waals surface area (Å²) in [7, 11) is 0. The Morgan fingerprint density at radius 3 is 1.60 bits per heavy atom. The number of aryl methyl sites for hydroxylation is 3. The van der Waals surface area contributed by atoms with E-state index >= 15 is 0 Å². The smallest absolute Gasteiger partial charge is 1.00 e. The Bertz CT molecular complexity index is 2060. The SMILES string of the molecule is CC1=[C-]C(C)(C)c2cc3c(cc21)-c1cc2c(cc1C3)C(C)(C)C=C2C.Cc1cc(C(C)(C)C)c[cH-]1.Cc1ccc([C](=[Zr+2])c2ccc(C)cc2)cc1.[Cl-].[Cl-]. The summed E-state index contributed by atoms with van der Waals surface area (Å²) in [6.45, 7) is 26.8. The molecule has 3 aliphatic rings. The van der Waals surface area contributed by atoms with Crippen molar-refractivity contribution in [3.63, 3.8) is 0 Å². The van der Waals surface area contributed by atoms with Gasteiger partial charge < -0.3 is 24.8 Å². The van der Waals surface area contributed by atoms with Crippen LogP contribution in [0.4, 0.5) is 0 Å². The molecule has 0 aromatic heterocycles. The first-order valence-electron chi connectivity index (χ1n) is 18.5. The molecule has 8 rings (SSSR count). The van der Waals surface area contributed by atoms with Gasteiger partial charge >= 0.3 is 112 Å².